The number of aliphatic imine (C=N–C) groups is 1. The number of rotatable bonds is 7. The highest BCUT2D eigenvalue weighted by molar-refractivity contribution is 7.86. The van der Waals surface area contributed by atoms with Gasteiger partial charge in [0.25, 0.3) is 0 Å². The van der Waals surface area contributed by atoms with Gasteiger partial charge in [0, 0.05) is 47.0 Å². The maximum absolute atomic E-state index is 12.2. The maximum Gasteiger partial charge on any atom is 0.191 e. The van der Waals surface area contributed by atoms with E-state index in [1.54, 1.807) is 7.11 Å². The number of guanidine groups is 1. The molecule has 2 rings (SSSR count). The summed E-state index contributed by atoms with van der Waals surface area (Å²) in [7, 11) is 0.835. The van der Waals surface area contributed by atoms with Crippen molar-refractivity contribution in [3.63, 3.8) is 0 Å². The predicted octanol–water partition coefficient (Wildman–Crippen LogP) is 2.77. The lowest BCUT2D eigenvalue weighted by molar-refractivity contribution is 0.408. The van der Waals surface area contributed by atoms with E-state index >= 15 is 0 Å². The monoisotopic (exact) mass is 408 g/mol. The molecular weight excluding hydrogens is 372 g/mol. The number of ether oxygens (including phenoxy) is 1. The van der Waals surface area contributed by atoms with Gasteiger partial charge in [0.15, 0.2) is 5.96 Å². The van der Waals surface area contributed by atoms with Crippen LogP contribution < -0.4 is 20.3 Å². The van der Waals surface area contributed by atoms with E-state index in [2.05, 4.69) is 39.6 Å². The topological polar surface area (TPSA) is 66.0 Å². The van der Waals surface area contributed by atoms with E-state index in [4.69, 9.17) is 4.74 Å². The minimum Gasteiger partial charge on any atom is -0.495 e. The van der Waals surface area contributed by atoms with E-state index in [1.807, 2.05) is 32.9 Å². The zero-order chi connectivity index (χ0) is 20.6. The van der Waals surface area contributed by atoms with Crippen molar-refractivity contribution < 1.29 is 8.95 Å². The van der Waals surface area contributed by atoms with Gasteiger partial charge in [0.2, 0.25) is 0 Å². The molecule has 1 fully saturated rings. The highest BCUT2D eigenvalue weighted by Gasteiger charge is 2.23. The number of nitrogens with one attached hydrogen (secondary N) is 2. The van der Waals surface area contributed by atoms with Gasteiger partial charge in [-0.05, 0) is 52.7 Å². The Balaban J connectivity index is 1.98. The summed E-state index contributed by atoms with van der Waals surface area (Å²) >= 11 is 0. The first kappa shape index (κ1) is 22.5. The van der Waals surface area contributed by atoms with Gasteiger partial charge >= 0.3 is 0 Å². The Kier molecular flexibility index (Phi) is 8.60. The molecule has 1 aromatic rings. The molecule has 0 spiro atoms. The van der Waals surface area contributed by atoms with E-state index in [9.17, 15) is 4.21 Å². The Morgan fingerprint density at radius 2 is 2.11 bits per heavy atom. The van der Waals surface area contributed by atoms with Gasteiger partial charge in [-0.3, -0.25) is 9.20 Å². The van der Waals surface area contributed by atoms with Gasteiger partial charge in [-0.25, -0.2) is 0 Å². The number of para-hydroxylation sites is 2. The molecule has 0 aromatic heterocycles. The van der Waals surface area contributed by atoms with Gasteiger partial charge in [0.05, 0.1) is 19.3 Å². The number of methoxy groups -OCH3 is 1. The van der Waals surface area contributed by atoms with Crippen molar-refractivity contribution in [1.29, 1.82) is 0 Å². The van der Waals surface area contributed by atoms with Crippen molar-refractivity contribution in [3.8, 4) is 5.75 Å². The van der Waals surface area contributed by atoms with Crippen LogP contribution in [0.3, 0.4) is 0 Å². The third-order valence-electron chi connectivity index (χ3n) is 4.76. The molecular formula is C21H36N4O2S. The van der Waals surface area contributed by atoms with Crippen LogP contribution in [-0.2, 0) is 10.8 Å². The molecule has 1 aromatic carbocycles. The minimum absolute atomic E-state index is 0.195. The Morgan fingerprint density at radius 1 is 1.36 bits per heavy atom. The normalized spacial score (nSPS) is 19.2. The second-order valence-electron chi connectivity index (χ2n) is 8.02. The van der Waals surface area contributed by atoms with Gasteiger partial charge in [0.1, 0.15) is 5.75 Å². The molecule has 1 aliphatic heterocycles. The van der Waals surface area contributed by atoms with E-state index < -0.39 is 10.8 Å². The molecule has 0 amide bonds. The molecule has 2 unspecified atom stereocenters. The van der Waals surface area contributed by atoms with E-state index in [0.717, 1.165) is 49.9 Å². The molecule has 0 aliphatic carbocycles. The number of hydrogen-bond acceptors (Lipinski definition) is 4. The predicted molar refractivity (Wildman–Crippen MR) is 120 cm³/mol. The summed E-state index contributed by atoms with van der Waals surface area (Å²) in [6.45, 7) is 11.4. The van der Waals surface area contributed by atoms with Crippen molar-refractivity contribution >= 4 is 22.4 Å². The third-order valence-corrected chi connectivity index (χ3v) is 6.68. The van der Waals surface area contributed by atoms with Gasteiger partial charge in [-0.2, -0.15) is 0 Å². The van der Waals surface area contributed by atoms with Crippen LogP contribution in [0.25, 0.3) is 0 Å². The lowest BCUT2D eigenvalue weighted by Crippen LogP contribution is -2.51. The Hall–Kier alpha value is -1.76. The summed E-state index contributed by atoms with van der Waals surface area (Å²) in [6.07, 6.45) is 2.22. The first-order chi connectivity index (χ1) is 13.3. The SMILES string of the molecule is CCNC(=NCCS(=O)C(C)(C)C)NC1CCCN(c2ccccc2OC)C1. The second kappa shape index (κ2) is 10.7. The average molecular weight is 409 g/mol. The molecule has 7 heteroatoms. The van der Waals surface area contributed by atoms with Crippen LogP contribution in [0.15, 0.2) is 29.3 Å². The van der Waals surface area contributed by atoms with Gasteiger partial charge < -0.3 is 20.3 Å². The molecule has 2 atom stereocenters. The smallest absolute Gasteiger partial charge is 0.191 e. The summed E-state index contributed by atoms with van der Waals surface area (Å²) in [6, 6.07) is 8.48. The number of piperidine rings is 1. The quantitative estimate of drug-likeness (QED) is 0.536. The molecule has 6 nitrogen and oxygen atoms in total. The van der Waals surface area contributed by atoms with Crippen molar-refractivity contribution in [1.82, 2.24) is 10.6 Å². The molecule has 0 saturated carbocycles. The third kappa shape index (κ3) is 6.69. The first-order valence-corrected chi connectivity index (χ1v) is 11.5. The van der Waals surface area contributed by atoms with Crippen LogP contribution in [0.4, 0.5) is 5.69 Å². The molecule has 28 heavy (non-hydrogen) atoms. The summed E-state index contributed by atoms with van der Waals surface area (Å²) in [4.78, 5) is 7.02. The average Bonchev–Trinajstić information content (AvgIpc) is 2.67. The van der Waals surface area contributed by atoms with E-state index in [1.165, 1.54) is 0 Å². The fourth-order valence-corrected chi connectivity index (χ4v) is 4.13. The molecule has 158 valence electrons. The number of benzene rings is 1. The van der Waals surface area contributed by atoms with Gasteiger partial charge in [-0.15, -0.1) is 0 Å². The molecule has 0 radical (unpaired) electrons. The lowest BCUT2D eigenvalue weighted by Gasteiger charge is -2.36. The number of nitrogens with zero attached hydrogens (tertiary/aromatic N) is 2. The largest absolute Gasteiger partial charge is 0.495 e. The highest BCUT2D eigenvalue weighted by Crippen LogP contribution is 2.29. The van der Waals surface area contributed by atoms with Crippen LogP contribution in [0, 0.1) is 0 Å². The standard InChI is InChI=1S/C21H36N4O2S/c1-6-22-20(23-13-15-28(26)21(2,3)4)24-17-10-9-14-25(16-17)18-11-7-8-12-19(18)27-5/h7-8,11-12,17H,6,9-10,13-16H2,1-5H3,(H2,22,23,24). The fraction of sp³-hybridized carbons (Fsp3) is 0.667. The van der Waals surface area contributed by atoms with Crippen LogP contribution in [0.2, 0.25) is 0 Å². The van der Waals surface area contributed by atoms with Gasteiger partial charge in [-0.1, -0.05) is 12.1 Å². The Morgan fingerprint density at radius 3 is 2.79 bits per heavy atom. The summed E-state index contributed by atoms with van der Waals surface area (Å²) in [5.74, 6) is 2.30. The highest BCUT2D eigenvalue weighted by atomic mass is 32.2. The lowest BCUT2D eigenvalue weighted by atomic mass is 10.0. The van der Waals surface area contributed by atoms with E-state index in [0.29, 0.717) is 18.3 Å². The molecule has 1 heterocycles. The molecule has 0 bridgehead atoms. The molecule has 1 aliphatic rings. The minimum atomic E-state index is -0.884. The summed E-state index contributed by atoms with van der Waals surface area (Å²) in [5.41, 5.74) is 1.14. The zero-order valence-electron chi connectivity index (χ0n) is 18.0. The summed E-state index contributed by atoms with van der Waals surface area (Å²) in [5, 5.41) is 6.88. The van der Waals surface area contributed by atoms with Crippen LogP contribution in [-0.4, -0.2) is 60.0 Å². The maximum atomic E-state index is 12.2. The fourth-order valence-electron chi connectivity index (χ4n) is 3.26. The van der Waals surface area contributed by atoms with Crippen molar-refractivity contribution in [3.05, 3.63) is 24.3 Å². The molecule has 2 N–H and O–H groups in total. The van der Waals surface area contributed by atoms with Crippen molar-refractivity contribution in [2.75, 3.05) is 43.9 Å². The Bertz CT molecular complexity index is 673. The van der Waals surface area contributed by atoms with E-state index in [-0.39, 0.29) is 4.75 Å². The first-order valence-electron chi connectivity index (χ1n) is 10.2. The molecule has 1 saturated heterocycles. The zero-order valence-corrected chi connectivity index (χ0v) is 18.8. The Labute approximate surface area is 172 Å². The summed E-state index contributed by atoms with van der Waals surface area (Å²) < 4.78 is 17.6. The number of hydrogen-bond donors (Lipinski definition) is 2. The van der Waals surface area contributed by atoms with Crippen LogP contribution >= 0.6 is 0 Å². The van der Waals surface area contributed by atoms with Crippen molar-refractivity contribution in [2.45, 2.75) is 51.3 Å². The van der Waals surface area contributed by atoms with Crippen molar-refractivity contribution in [2.24, 2.45) is 4.99 Å². The second-order valence-corrected chi connectivity index (χ2v) is 10.3. The number of anilines is 1. The van der Waals surface area contributed by atoms with Crippen LogP contribution in [0.5, 0.6) is 5.75 Å². The van der Waals surface area contributed by atoms with Crippen LogP contribution in [0.1, 0.15) is 40.5 Å².